The van der Waals surface area contributed by atoms with Crippen LogP contribution < -0.4 is 20.0 Å². The standard InChI is InChI=1S/C26H23N5O5S/c1-35-21-13-12-19(14-22(21)36-2)24-29-30-26(31(24)20-6-4-3-5-7-20)37-16-23(32)28-27-15-17-8-10-18(11-9-17)25(33)34/h3-15H,16H2,1-2H3,(H,28,32)(H,33,34)/p-1/b27-15+. The van der Waals surface area contributed by atoms with E-state index in [0.717, 1.165) is 11.3 Å². The average molecular weight is 517 g/mol. The van der Waals surface area contributed by atoms with Crippen LogP contribution in [0.2, 0.25) is 0 Å². The van der Waals surface area contributed by atoms with E-state index in [2.05, 4.69) is 20.7 Å². The number of para-hydroxylation sites is 1. The molecule has 0 aliphatic rings. The molecular weight excluding hydrogens is 494 g/mol. The first-order chi connectivity index (χ1) is 18.0. The van der Waals surface area contributed by atoms with Crippen molar-refractivity contribution in [1.82, 2.24) is 20.2 Å². The fourth-order valence-corrected chi connectivity index (χ4v) is 4.13. The van der Waals surface area contributed by atoms with Gasteiger partial charge in [-0.25, -0.2) is 5.43 Å². The van der Waals surface area contributed by atoms with Gasteiger partial charge < -0.3 is 19.4 Å². The predicted octanol–water partition coefficient (Wildman–Crippen LogP) is 2.56. The Morgan fingerprint density at radius 2 is 1.73 bits per heavy atom. The highest BCUT2D eigenvalue weighted by Gasteiger charge is 2.18. The Morgan fingerprint density at radius 1 is 1.00 bits per heavy atom. The molecule has 37 heavy (non-hydrogen) atoms. The van der Waals surface area contributed by atoms with Gasteiger partial charge >= 0.3 is 0 Å². The molecule has 1 amide bonds. The summed E-state index contributed by atoms with van der Waals surface area (Å²) in [7, 11) is 3.13. The Balaban J connectivity index is 1.50. The van der Waals surface area contributed by atoms with Crippen molar-refractivity contribution in [2.24, 2.45) is 5.10 Å². The summed E-state index contributed by atoms with van der Waals surface area (Å²) in [6, 6.07) is 21.0. The van der Waals surface area contributed by atoms with Crippen molar-refractivity contribution < 1.29 is 24.2 Å². The van der Waals surface area contributed by atoms with Crippen molar-refractivity contribution in [3.8, 4) is 28.6 Å². The van der Waals surface area contributed by atoms with E-state index in [9.17, 15) is 14.7 Å². The number of nitrogens with zero attached hydrogens (tertiary/aromatic N) is 4. The van der Waals surface area contributed by atoms with Crippen LogP contribution in [-0.2, 0) is 4.79 Å². The molecule has 4 rings (SSSR count). The number of methoxy groups -OCH3 is 2. The number of carbonyl (C=O) groups excluding carboxylic acids is 2. The molecule has 0 aliphatic carbocycles. The SMILES string of the molecule is COc1ccc(-c2nnc(SCC(=O)N/N=C/c3ccc(C(=O)[O-])cc3)n2-c2ccccc2)cc1OC. The smallest absolute Gasteiger partial charge is 0.250 e. The van der Waals surface area contributed by atoms with Crippen LogP contribution in [0.25, 0.3) is 17.1 Å². The largest absolute Gasteiger partial charge is 0.545 e. The van der Waals surface area contributed by atoms with Gasteiger partial charge in [0.1, 0.15) is 0 Å². The first-order valence-corrected chi connectivity index (χ1v) is 12.0. The molecular formula is C26H22N5O5S-. The van der Waals surface area contributed by atoms with Gasteiger partial charge in [-0.2, -0.15) is 5.10 Å². The highest BCUT2D eigenvalue weighted by Crippen LogP contribution is 2.34. The number of carboxylic acid groups (broad SMARTS) is 1. The zero-order valence-corrected chi connectivity index (χ0v) is 20.8. The van der Waals surface area contributed by atoms with Gasteiger partial charge in [-0.1, -0.05) is 54.2 Å². The van der Waals surface area contributed by atoms with Crippen molar-refractivity contribution >= 4 is 29.9 Å². The Hall–Kier alpha value is -4.64. The first-order valence-electron chi connectivity index (χ1n) is 11.0. The normalized spacial score (nSPS) is 10.9. The van der Waals surface area contributed by atoms with Crippen LogP contribution in [-0.4, -0.2) is 52.8 Å². The van der Waals surface area contributed by atoms with Crippen LogP contribution in [0.5, 0.6) is 11.5 Å². The molecule has 0 bridgehead atoms. The van der Waals surface area contributed by atoms with Crippen LogP contribution in [0.3, 0.4) is 0 Å². The molecule has 0 spiro atoms. The maximum absolute atomic E-state index is 12.4. The Bertz CT molecular complexity index is 1420. The van der Waals surface area contributed by atoms with E-state index < -0.39 is 5.97 Å². The number of hydrogen-bond donors (Lipinski definition) is 1. The lowest BCUT2D eigenvalue weighted by Crippen LogP contribution is -2.22. The van der Waals surface area contributed by atoms with Crippen LogP contribution in [0.4, 0.5) is 0 Å². The number of aromatic nitrogens is 3. The second-order valence-corrected chi connectivity index (χ2v) is 8.48. The Labute approximate surface area is 217 Å². The maximum atomic E-state index is 12.4. The number of hydrogen-bond acceptors (Lipinski definition) is 9. The molecule has 0 fully saturated rings. The summed E-state index contributed by atoms with van der Waals surface area (Å²) >= 11 is 1.21. The predicted molar refractivity (Wildman–Crippen MR) is 137 cm³/mol. The third kappa shape index (κ3) is 6.14. The van der Waals surface area contributed by atoms with Gasteiger partial charge in [0.2, 0.25) is 0 Å². The summed E-state index contributed by atoms with van der Waals surface area (Å²) in [5.74, 6) is 0.169. The molecule has 0 atom stereocenters. The molecule has 0 radical (unpaired) electrons. The van der Waals surface area contributed by atoms with Gasteiger partial charge in [0, 0.05) is 11.3 Å². The number of rotatable bonds is 10. The number of nitrogens with one attached hydrogen (secondary N) is 1. The lowest BCUT2D eigenvalue weighted by atomic mass is 10.1. The van der Waals surface area contributed by atoms with Crippen LogP contribution >= 0.6 is 11.8 Å². The summed E-state index contributed by atoms with van der Waals surface area (Å²) in [6.45, 7) is 0. The van der Waals surface area contributed by atoms with E-state index in [1.807, 2.05) is 47.0 Å². The summed E-state index contributed by atoms with van der Waals surface area (Å²) in [4.78, 5) is 23.2. The van der Waals surface area contributed by atoms with Gasteiger partial charge in [-0.15, -0.1) is 10.2 Å². The minimum Gasteiger partial charge on any atom is -0.545 e. The topological polar surface area (TPSA) is 131 Å². The number of thioether (sulfide) groups is 1. The molecule has 0 saturated carbocycles. The molecule has 0 aliphatic heterocycles. The molecule has 1 heterocycles. The van der Waals surface area contributed by atoms with Crippen molar-refractivity contribution in [1.29, 1.82) is 0 Å². The van der Waals surface area contributed by atoms with Gasteiger partial charge in [0.15, 0.2) is 22.5 Å². The first kappa shape index (κ1) is 25.5. The number of benzene rings is 3. The van der Waals surface area contributed by atoms with E-state index >= 15 is 0 Å². The highest BCUT2D eigenvalue weighted by atomic mass is 32.2. The van der Waals surface area contributed by atoms with E-state index in [1.54, 1.807) is 32.4 Å². The van der Waals surface area contributed by atoms with Crippen molar-refractivity contribution in [2.45, 2.75) is 5.16 Å². The average Bonchev–Trinajstić information content (AvgIpc) is 3.36. The van der Waals surface area contributed by atoms with E-state index in [4.69, 9.17) is 9.47 Å². The number of amides is 1. The molecule has 3 aromatic carbocycles. The third-order valence-electron chi connectivity index (χ3n) is 5.17. The van der Waals surface area contributed by atoms with E-state index in [0.29, 0.717) is 28.0 Å². The van der Waals surface area contributed by atoms with Crippen LogP contribution in [0, 0.1) is 0 Å². The number of ether oxygens (including phenoxy) is 2. The summed E-state index contributed by atoms with van der Waals surface area (Å²) < 4.78 is 12.6. The van der Waals surface area contributed by atoms with Crippen molar-refractivity contribution in [2.75, 3.05) is 20.0 Å². The minimum atomic E-state index is -1.26. The molecule has 11 heteroatoms. The van der Waals surface area contributed by atoms with E-state index in [-0.39, 0.29) is 17.2 Å². The summed E-state index contributed by atoms with van der Waals surface area (Å²) in [5, 5.41) is 24.0. The lowest BCUT2D eigenvalue weighted by molar-refractivity contribution is -0.255. The van der Waals surface area contributed by atoms with Gasteiger partial charge in [0.05, 0.1) is 32.2 Å². The lowest BCUT2D eigenvalue weighted by Gasteiger charge is -2.12. The zero-order valence-electron chi connectivity index (χ0n) is 20.0. The number of carbonyl (C=O) groups is 2. The number of hydrazone groups is 1. The van der Waals surface area contributed by atoms with Gasteiger partial charge in [-0.3, -0.25) is 9.36 Å². The fraction of sp³-hybridized carbons (Fsp3) is 0.115. The fourth-order valence-electron chi connectivity index (χ4n) is 3.38. The maximum Gasteiger partial charge on any atom is 0.250 e. The summed E-state index contributed by atoms with van der Waals surface area (Å²) in [5.41, 5.74) is 4.74. The van der Waals surface area contributed by atoms with Crippen LogP contribution in [0.1, 0.15) is 15.9 Å². The molecule has 0 unspecified atom stereocenters. The second-order valence-electron chi connectivity index (χ2n) is 7.54. The Kier molecular flexibility index (Phi) is 8.16. The van der Waals surface area contributed by atoms with Crippen molar-refractivity contribution in [3.63, 3.8) is 0 Å². The molecule has 1 aromatic heterocycles. The number of carboxylic acids is 1. The molecule has 188 valence electrons. The molecule has 4 aromatic rings. The van der Waals surface area contributed by atoms with E-state index in [1.165, 1.54) is 30.1 Å². The molecule has 0 saturated heterocycles. The second kappa shape index (κ2) is 11.9. The van der Waals surface area contributed by atoms with Crippen molar-refractivity contribution in [3.05, 3.63) is 83.9 Å². The number of aromatic carboxylic acids is 1. The van der Waals surface area contributed by atoms with Gasteiger partial charge in [-0.05, 0) is 41.5 Å². The Morgan fingerprint density at radius 3 is 2.41 bits per heavy atom. The van der Waals surface area contributed by atoms with Crippen LogP contribution in [0.15, 0.2) is 83.1 Å². The molecule has 1 N–H and O–H groups in total. The monoisotopic (exact) mass is 516 g/mol. The highest BCUT2D eigenvalue weighted by molar-refractivity contribution is 7.99. The molecule has 10 nitrogen and oxygen atoms in total. The van der Waals surface area contributed by atoms with Gasteiger partial charge in [0.25, 0.3) is 5.91 Å². The third-order valence-corrected chi connectivity index (χ3v) is 6.10. The zero-order chi connectivity index (χ0) is 26.2. The minimum absolute atomic E-state index is 0.0395. The quantitative estimate of drug-likeness (QED) is 0.193. The summed E-state index contributed by atoms with van der Waals surface area (Å²) in [6.07, 6.45) is 1.42.